The summed E-state index contributed by atoms with van der Waals surface area (Å²) >= 11 is 0. The molecule has 1 saturated carbocycles. The maximum absolute atomic E-state index is 12.6. The number of alkyl carbamates (subject to hydrolysis) is 1. The summed E-state index contributed by atoms with van der Waals surface area (Å²) in [5, 5.41) is 11.9. The lowest BCUT2D eigenvalue weighted by molar-refractivity contribution is -0.146. The third kappa shape index (κ3) is 6.99. The quantitative estimate of drug-likeness (QED) is 0.578. The van der Waals surface area contributed by atoms with Crippen LogP contribution >= 0.6 is 0 Å². The van der Waals surface area contributed by atoms with Crippen LogP contribution < -0.4 is 10.6 Å². The second kappa shape index (κ2) is 9.21. The number of H-pyrrole nitrogens is 1. The molecule has 1 aliphatic rings. The van der Waals surface area contributed by atoms with Gasteiger partial charge >= 0.3 is 12.3 Å². The number of nitrogens with one attached hydrogen (secondary N) is 3. The van der Waals surface area contributed by atoms with Gasteiger partial charge in [-0.2, -0.15) is 18.3 Å². The zero-order valence-electron chi connectivity index (χ0n) is 18.0. The predicted octanol–water partition coefficient (Wildman–Crippen LogP) is 3.98. The number of aryl methyl sites for hydroxylation is 1. The van der Waals surface area contributed by atoms with Crippen LogP contribution in [0.4, 0.5) is 23.8 Å². The number of halogens is 3. The van der Waals surface area contributed by atoms with Crippen molar-refractivity contribution in [1.29, 1.82) is 0 Å². The number of aromatic nitrogens is 3. The molecule has 3 rings (SSSR count). The van der Waals surface area contributed by atoms with E-state index in [1.54, 1.807) is 13.0 Å². The molecule has 0 spiro atoms. The van der Waals surface area contributed by atoms with Crippen molar-refractivity contribution >= 4 is 17.8 Å². The maximum atomic E-state index is 12.6. The molecular formula is C20H26F3N5O4. The van der Waals surface area contributed by atoms with Crippen LogP contribution in [0.15, 0.2) is 16.7 Å². The summed E-state index contributed by atoms with van der Waals surface area (Å²) in [6, 6.07) is 1.71. The van der Waals surface area contributed by atoms with Gasteiger partial charge < -0.3 is 19.8 Å². The number of carbonyl (C=O) groups excluding carboxylic acids is 2. The Balaban J connectivity index is 1.46. The lowest BCUT2D eigenvalue weighted by atomic mass is 10.0. The third-order valence-corrected chi connectivity index (χ3v) is 5.03. The van der Waals surface area contributed by atoms with Gasteiger partial charge in [-0.05, 0) is 40.0 Å². The number of carbonyl (C=O) groups is 2. The van der Waals surface area contributed by atoms with E-state index in [4.69, 9.17) is 9.15 Å². The summed E-state index contributed by atoms with van der Waals surface area (Å²) in [6.07, 6.45) is -3.55. The first kappa shape index (κ1) is 23.6. The van der Waals surface area contributed by atoms with Crippen LogP contribution in [0.3, 0.4) is 0 Å². The summed E-state index contributed by atoms with van der Waals surface area (Å²) in [4.78, 5) is 28.1. The molecule has 2 aromatic heterocycles. The Morgan fingerprint density at radius 1 is 1.31 bits per heavy atom. The van der Waals surface area contributed by atoms with Crippen molar-refractivity contribution < 1.29 is 31.9 Å². The van der Waals surface area contributed by atoms with Gasteiger partial charge in [0.05, 0.1) is 12.6 Å². The highest BCUT2D eigenvalue weighted by molar-refractivity contribution is 5.90. The minimum Gasteiger partial charge on any atom is -0.446 e. The standard InChI is InChI=1S/C20H26F3N5O4/c1-11-9-24-17(31-11)8-16(29)25-15-7-14(27-28-15)12-4-5-13(6-12)32-18(30)26-19(2,3)10-20(21,22)23/h7,9,12-13H,4-6,8,10H2,1-3H3,(H,26,30)(H2,25,27,28,29)/t12-,13+/m0/s1. The minimum absolute atomic E-state index is 0.0172. The number of nitrogens with zero attached hydrogens (tertiary/aromatic N) is 2. The Morgan fingerprint density at radius 3 is 2.72 bits per heavy atom. The molecule has 0 bridgehead atoms. The molecule has 0 saturated heterocycles. The molecule has 0 radical (unpaired) electrons. The number of rotatable bonds is 7. The number of ether oxygens (including phenoxy) is 1. The van der Waals surface area contributed by atoms with E-state index in [1.807, 2.05) is 0 Å². The maximum Gasteiger partial charge on any atom is 0.407 e. The zero-order valence-corrected chi connectivity index (χ0v) is 18.0. The van der Waals surface area contributed by atoms with E-state index in [0.717, 1.165) is 5.69 Å². The van der Waals surface area contributed by atoms with Crippen molar-refractivity contribution in [3.05, 3.63) is 29.6 Å². The second-order valence-electron chi connectivity index (χ2n) is 8.64. The number of anilines is 1. The summed E-state index contributed by atoms with van der Waals surface area (Å²) in [7, 11) is 0. The molecule has 32 heavy (non-hydrogen) atoms. The molecular weight excluding hydrogens is 431 g/mol. The van der Waals surface area contributed by atoms with Gasteiger partial charge in [-0.15, -0.1) is 0 Å². The summed E-state index contributed by atoms with van der Waals surface area (Å²) in [5.41, 5.74) is -0.690. The van der Waals surface area contributed by atoms with Crippen LogP contribution in [0, 0.1) is 6.92 Å². The molecule has 9 nitrogen and oxygen atoms in total. The van der Waals surface area contributed by atoms with Crippen molar-refractivity contribution in [1.82, 2.24) is 20.5 Å². The Hall–Kier alpha value is -3.05. The predicted molar refractivity (Wildman–Crippen MR) is 107 cm³/mol. The second-order valence-corrected chi connectivity index (χ2v) is 8.64. The molecule has 0 unspecified atom stereocenters. The molecule has 1 fully saturated rings. The van der Waals surface area contributed by atoms with Crippen molar-refractivity contribution in [2.45, 2.75) is 76.6 Å². The molecule has 2 aromatic rings. The van der Waals surface area contributed by atoms with Crippen LogP contribution in [0.1, 0.15) is 62.8 Å². The van der Waals surface area contributed by atoms with Gasteiger partial charge in [0.2, 0.25) is 11.8 Å². The van der Waals surface area contributed by atoms with Crippen molar-refractivity contribution in [2.75, 3.05) is 5.32 Å². The number of amides is 2. The van der Waals surface area contributed by atoms with Gasteiger partial charge in [-0.25, -0.2) is 9.78 Å². The molecule has 3 N–H and O–H groups in total. The van der Waals surface area contributed by atoms with Gasteiger partial charge in [0, 0.05) is 23.2 Å². The highest BCUT2D eigenvalue weighted by Gasteiger charge is 2.38. The van der Waals surface area contributed by atoms with Gasteiger partial charge in [-0.1, -0.05) is 0 Å². The average Bonchev–Trinajstić information content (AvgIpc) is 3.33. The first-order chi connectivity index (χ1) is 14.9. The third-order valence-electron chi connectivity index (χ3n) is 5.03. The van der Waals surface area contributed by atoms with Crippen LogP contribution in [-0.2, 0) is 16.0 Å². The van der Waals surface area contributed by atoms with Crippen molar-refractivity contribution in [3.8, 4) is 0 Å². The molecule has 176 valence electrons. The van der Waals surface area contributed by atoms with Crippen LogP contribution in [-0.4, -0.2) is 45.0 Å². The summed E-state index contributed by atoms with van der Waals surface area (Å²) in [5.74, 6) is 0.970. The van der Waals surface area contributed by atoms with Crippen LogP contribution in [0.2, 0.25) is 0 Å². The molecule has 1 aliphatic carbocycles. The Kier molecular flexibility index (Phi) is 6.79. The highest BCUT2D eigenvalue weighted by Crippen LogP contribution is 2.36. The number of oxazole rings is 1. The molecule has 0 aromatic carbocycles. The van der Waals surface area contributed by atoms with E-state index in [1.165, 1.54) is 20.0 Å². The van der Waals surface area contributed by atoms with Gasteiger partial charge in [0.25, 0.3) is 0 Å². The Morgan fingerprint density at radius 2 is 2.06 bits per heavy atom. The van der Waals surface area contributed by atoms with E-state index < -0.39 is 30.3 Å². The molecule has 0 aliphatic heterocycles. The van der Waals surface area contributed by atoms with Crippen LogP contribution in [0.25, 0.3) is 0 Å². The number of hydrogen-bond acceptors (Lipinski definition) is 6. The highest BCUT2D eigenvalue weighted by atomic mass is 19.4. The molecule has 2 heterocycles. The molecule has 12 heteroatoms. The monoisotopic (exact) mass is 457 g/mol. The lowest BCUT2D eigenvalue weighted by Gasteiger charge is -2.27. The van der Waals surface area contributed by atoms with E-state index in [2.05, 4.69) is 25.8 Å². The van der Waals surface area contributed by atoms with Gasteiger partial charge in [0.15, 0.2) is 5.82 Å². The summed E-state index contributed by atoms with van der Waals surface area (Å²) < 4.78 is 48.4. The minimum atomic E-state index is -4.39. The Bertz CT molecular complexity index is 953. The Labute approximate surface area is 182 Å². The topological polar surface area (TPSA) is 122 Å². The van der Waals surface area contributed by atoms with Gasteiger partial charge in [-0.3, -0.25) is 9.89 Å². The van der Waals surface area contributed by atoms with Crippen molar-refractivity contribution in [2.24, 2.45) is 0 Å². The average molecular weight is 457 g/mol. The molecule has 2 amide bonds. The van der Waals surface area contributed by atoms with E-state index in [0.29, 0.717) is 36.7 Å². The molecule has 2 atom stereocenters. The van der Waals surface area contributed by atoms with E-state index >= 15 is 0 Å². The SMILES string of the molecule is Cc1cnc(CC(=O)Nc2cc([C@H]3CC[C@@H](OC(=O)NC(C)(C)CC(F)(F)F)C3)[nH]n2)o1. The fraction of sp³-hybridized carbons (Fsp3) is 0.600. The van der Waals surface area contributed by atoms with Crippen LogP contribution in [0.5, 0.6) is 0 Å². The fourth-order valence-corrected chi connectivity index (χ4v) is 3.75. The van der Waals surface area contributed by atoms with E-state index in [9.17, 15) is 22.8 Å². The van der Waals surface area contributed by atoms with E-state index in [-0.39, 0.29) is 18.2 Å². The fourth-order valence-electron chi connectivity index (χ4n) is 3.75. The first-order valence-electron chi connectivity index (χ1n) is 10.2. The smallest absolute Gasteiger partial charge is 0.407 e. The largest absolute Gasteiger partial charge is 0.446 e. The lowest BCUT2D eigenvalue weighted by Crippen LogP contribution is -2.47. The van der Waals surface area contributed by atoms with Crippen molar-refractivity contribution in [3.63, 3.8) is 0 Å². The number of hydrogen-bond donors (Lipinski definition) is 3. The normalized spacial score (nSPS) is 19.1. The zero-order chi connectivity index (χ0) is 23.5. The first-order valence-corrected chi connectivity index (χ1v) is 10.2. The number of aromatic amines is 1. The number of alkyl halides is 3. The summed E-state index contributed by atoms with van der Waals surface area (Å²) in [6.45, 7) is 4.32. The van der Waals surface area contributed by atoms with Gasteiger partial charge in [0.1, 0.15) is 18.3 Å².